The molecule has 2 aromatic carbocycles. The van der Waals surface area contributed by atoms with E-state index >= 15 is 0 Å². The third-order valence-corrected chi connectivity index (χ3v) is 6.11. The lowest BCUT2D eigenvalue weighted by molar-refractivity contribution is 0.0937. The highest BCUT2D eigenvalue weighted by molar-refractivity contribution is 7.98. The molecule has 2 heterocycles. The molecule has 0 radical (unpaired) electrons. The molecule has 1 saturated heterocycles. The zero-order valence-corrected chi connectivity index (χ0v) is 17.4. The molecule has 0 aliphatic carbocycles. The summed E-state index contributed by atoms with van der Waals surface area (Å²) >= 11 is 1.52. The number of hydrogen-bond acceptors (Lipinski definition) is 6. The Morgan fingerprint density at radius 3 is 2.83 bits per heavy atom. The summed E-state index contributed by atoms with van der Waals surface area (Å²) in [5.41, 5.74) is 1.68. The number of nitrogens with zero attached hydrogens (tertiary/aromatic N) is 2. The van der Waals surface area contributed by atoms with Crippen LogP contribution in [-0.4, -0.2) is 36.5 Å². The predicted molar refractivity (Wildman–Crippen MR) is 114 cm³/mol. The number of benzene rings is 2. The van der Waals surface area contributed by atoms with E-state index in [4.69, 9.17) is 19.2 Å². The van der Waals surface area contributed by atoms with Gasteiger partial charge in [-0.2, -0.15) is 0 Å². The number of aromatic nitrogens is 2. The molecular formula is C22H24N2O4S. The first-order valence-electron chi connectivity index (χ1n) is 9.64. The SMILES string of the molecule is COc1ccc(OC)c(CSc2nc3ccccc3c(=O)n2C[C@@H]2CCCO2)c1. The van der Waals surface area contributed by atoms with Crippen molar-refractivity contribution in [3.8, 4) is 11.5 Å². The number of methoxy groups -OCH3 is 2. The van der Waals surface area contributed by atoms with E-state index < -0.39 is 0 Å². The molecule has 0 bridgehead atoms. The molecule has 0 saturated carbocycles. The summed E-state index contributed by atoms with van der Waals surface area (Å²) in [4.78, 5) is 18.0. The van der Waals surface area contributed by atoms with Crippen molar-refractivity contribution in [2.24, 2.45) is 0 Å². The van der Waals surface area contributed by atoms with Crippen LogP contribution in [0.5, 0.6) is 11.5 Å². The monoisotopic (exact) mass is 412 g/mol. The zero-order valence-electron chi connectivity index (χ0n) is 16.6. The second kappa shape index (κ2) is 8.88. The van der Waals surface area contributed by atoms with E-state index in [-0.39, 0.29) is 11.7 Å². The van der Waals surface area contributed by atoms with Crippen molar-refractivity contribution in [3.05, 3.63) is 58.4 Å². The number of rotatable bonds is 7. The van der Waals surface area contributed by atoms with Crippen molar-refractivity contribution in [2.45, 2.75) is 36.4 Å². The molecule has 3 aromatic rings. The van der Waals surface area contributed by atoms with E-state index in [0.29, 0.717) is 28.4 Å². The average Bonchev–Trinajstić information content (AvgIpc) is 3.27. The van der Waals surface area contributed by atoms with Gasteiger partial charge in [0, 0.05) is 17.9 Å². The first kappa shape index (κ1) is 19.8. The highest BCUT2D eigenvalue weighted by atomic mass is 32.2. The molecule has 1 aromatic heterocycles. The van der Waals surface area contributed by atoms with Gasteiger partial charge in [0.15, 0.2) is 5.16 Å². The van der Waals surface area contributed by atoms with E-state index in [1.165, 1.54) is 11.8 Å². The number of para-hydroxylation sites is 1. The quantitative estimate of drug-likeness (QED) is 0.433. The lowest BCUT2D eigenvalue weighted by Crippen LogP contribution is -2.28. The van der Waals surface area contributed by atoms with Crippen molar-refractivity contribution >= 4 is 22.7 Å². The van der Waals surface area contributed by atoms with Gasteiger partial charge < -0.3 is 14.2 Å². The second-order valence-corrected chi connectivity index (χ2v) is 7.87. The van der Waals surface area contributed by atoms with Crippen LogP contribution in [0, 0.1) is 0 Å². The largest absolute Gasteiger partial charge is 0.497 e. The lowest BCUT2D eigenvalue weighted by Gasteiger charge is -2.17. The number of hydrogen-bond donors (Lipinski definition) is 0. The Hall–Kier alpha value is -2.51. The maximum atomic E-state index is 13.2. The molecule has 0 amide bonds. The second-order valence-electron chi connectivity index (χ2n) is 6.93. The molecule has 1 atom stereocenters. The summed E-state index contributed by atoms with van der Waals surface area (Å²) in [6.45, 7) is 1.28. The van der Waals surface area contributed by atoms with Crippen LogP contribution in [0.3, 0.4) is 0 Å². The van der Waals surface area contributed by atoms with Gasteiger partial charge in [0.25, 0.3) is 5.56 Å². The minimum absolute atomic E-state index is 0.0220. The third-order valence-electron chi connectivity index (χ3n) is 5.08. The van der Waals surface area contributed by atoms with E-state index in [1.54, 1.807) is 18.8 Å². The minimum Gasteiger partial charge on any atom is -0.497 e. The van der Waals surface area contributed by atoms with Gasteiger partial charge in [-0.15, -0.1) is 0 Å². The summed E-state index contributed by atoms with van der Waals surface area (Å²) in [6, 6.07) is 13.2. The molecular weight excluding hydrogens is 388 g/mol. The molecule has 0 N–H and O–H groups in total. The molecule has 1 aliphatic rings. The van der Waals surface area contributed by atoms with Gasteiger partial charge in [-0.3, -0.25) is 9.36 Å². The standard InChI is InChI=1S/C22H24N2O4S/c1-26-16-9-10-20(27-2)15(12-16)14-29-22-23-19-8-4-3-7-18(19)21(25)24(22)13-17-6-5-11-28-17/h3-4,7-10,12,17H,5-6,11,13-14H2,1-2H3/t17-/m0/s1. The summed E-state index contributed by atoms with van der Waals surface area (Å²) in [5, 5.41) is 1.32. The van der Waals surface area contributed by atoms with Crippen molar-refractivity contribution < 1.29 is 14.2 Å². The number of fused-ring (bicyclic) bond motifs is 1. The van der Waals surface area contributed by atoms with Crippen molar-refractivity contribution in [2.75, 3.05) is 20.8 Å². The van der Waals surface area contributed by atoms with Crippen LogP contribution in [-0.2, 0) is 17.0 Å². The Morgan fingerprint density at radius 2 is 2.07 bits per heavy atom. The Morgan fingerprint density at radius 1 is 1.21 bits per heavy atom. The highest BCUT2D eigenvalue weighted by Crippen LogP contribution is 2.30. The van der Waals surface area contributed by atoms with E-state index in [2.05, 4.69) is 0 Å². The van der Waals surface area contributed by atoms with Crippen LogP contribution in [0.1, 0.15) is 18.4 Å². The molecule has 6 nitrogen and oxygen atoms in total. The van der Waals surface area contributed by atoms with Gasteiger partial charge in [0.2, 0.25) is 0 Å². The summed E-state index contributed by atoms with van der Waals surface area (Å²) in [5.74, 6) is 2.16. The zero-order chi connectivity index (χ0) is 20.2. The molecule has 1 fully saturated rings. The summed E-state index contributed by atoms with van der Waals surface area (Å²) in [7, 11) is 3.29. The maximum absolute atomic E-state index is 13.2. The molecule has 152 valence electrons. The highest BCUT2D eigenvalue weighted by Gasteiger charge is 2.20. The lowest BCUT2D eigenvalue weighted by atomic mass is 10.2. The Balaban J connectivity index is 1.69. The van der Waals surface area contributed by atoms with E-state index in [9.17, 15) is 4.79 Å². The fourth-order valence-corrected chi connectivity index (χ4v) is 4.53. The van der Waals surface area contributed by atoms with Crippen LogP contribution in [0.25, 0.3) is 10.9 Å². The van der Waals surface area contributed by atoms with Gasteiger partial charge in [-0.05, 0) is 43.2 Å². The van der Waals surface area contributed by atoms with Crippen LogP contribution in [0.4, 0.5) is 0 Å². The molecule has 7 heteroatoms. The molecule has 4 rings (SSSR count). The fraction of sp³-hybridized carbons (Fsp3) is 0.364. The Bertz CT molecular complexity index is 1060. The van der Waals surface area contributed by atoms with Crippen LogP contribution >= 0.6 is 11.8 Å². The molecule has 29 heavy (non-hydrogen) atoms. The minimum atomic E-state index is -0.0220. The van der Waals surface area contributed by atoms with E-state index in [0.717, 1.165) is 36.5 Å². The summed E-state index contributed by atoms with van der Waals surface area (Å²) in [6.07, 6.45) is 2.05. The van der Waals surface area contributed by atoms with Crippen LogP contribution < -0.4 is 15.0 Å². The van der Waals surface area contributed by atoms with Gasteiger partial charge in [-0.25, -0.2) is 4.98 Å². The van der Waals surface area contributed by atoms with Crippen molar-refractivity contribution in [3.63, 3.8) is 0 Å². The molecule has 0 unspecified atom stereocenters. The Kier molecular flexibility index (Phi) is 6.06. The molecule has 0 spiro atoms. The third kappa shape index (κ3) is 4.26. The first-order chi connectivity index (χ1) is 14.2. The van der Waals surface area contributed by atoms with Gasteiger partial charge >= 0.3 is 0 Å². The number of ether oxygens (including phenoxy) is 3. The number of thioether (sulfide) groups is 1. The summed E-state index contributed by atoms with van der Waals surface area (Å²) < 4.78 is 18.4. The average molecular weight is 413 g/mol. The Labute approximate surface area is 173 Å². The maximum Gasteiger partial charge on any atom is 0.262 e. The van der Waals surface area contributed by atoms with Gasteiger partial charge in [0.05, 0.1) is 37.8 Å². The van der Waals surface area contributed by atoms with E-state index in [1.807, 2.05) is 42.5 Å². The normalized spacial score (nSPS) is 16.3. The smallest absolute Gasteiger partial charge is 0.262 e. The van der Waals surface area contributed by atoms with Gasteiger partial charge in [-0.1, -0.05) is 23.9 Å². The molecule has 1 aliphatic heterocycles. The van der Waals surface area contributed by atoms with Crippen molar-refractivity contribution in [1.29, 1.82) is 0 Å². The predicted octanol–water partition coefficient (Wildman–Crippen LogP) is 3.89. The van der Waals surface area contributed by atoms with Crippen LogP contribution in [0.2, 0.25) is 0 Å². The van der Waals surface area contributed by atoms with Gasteiger partial charge in [0.1, 0.15) is 11.5 Å². The fourth-order valence-electron chi connectivity index (χ4n) is 3.55. The van der Waals surface area contributed by atoms with Crippen molar-refractivity contribution in [1.82, 2.24) is 9.55 Å². The first-order valence-corrected chi connectivity index (χ1v) is 10.6. The topological polar surface area (TPSA) is 62.6 Å². The van der Waals surface area contributed by atoms with Crippen LogP contribution in [0.15, 0.2) is 52.4 Å².